The van der Waals surface area contributed by atoms with Crippen molar-refractivity contribution in [2.45, 2.75) is 16.5 Å². The Bertz CT molecular complexity index is 864. The standard InChI is InChI=1S/C18H13Cl2NOS2/c1-11(17(22)12-5-3-2-4-6-12)24-18-21-16(10-23-18)14-8-7-13(19)9-15(14)20/h2-11H,1H3. The van der Waals surface area contributed by atoms with Crippen molar-refractivity contribution in [3.05, 3.63) is 69.5 Å². The summed E-state index contributed by atoms with van der Waals surface area (Å²) >= 11 is 15.1. The van der Waals surface area contributed by atoms with Crippen LogP contribution >= 0.6 is 46.3 Å². The molecule has 0 N–H and O–H groups in total. The van der Waals surface area contributed by atoms with Crippen LogP contribution in [0.3, 0.4) is 0 Å². The number of nitrogens with zero attached hydrogens (tertiary/aromatic N) is 1. The highest BCUT2D eigenvalue weighted by atomic mass is 35.5. The second-order valence-corrected chi connectivity index (χ2v) is 8.40. The maximum atomic E-state index is 12.4. The molecule has 1 unspecified atom stereocenters. The minimum atomic E-state index is -0.202. The van der Waals surface area contributed by atoms with Crippen LogP contribution in [0.4, 0.5) is 0 Å². The summed E-state index contributed by atoms with van der Waals surface area (Å²) in [6, 6.07) is 14.6. The first-order chi connectivity index (χ1) is 11.5. The third-order valence-electron chi connectivity index (χ3n) is 3.40. The summed E-state index contributed by atoms with van der Waals surface area (Å²) in [6.07, 6.45) is 0. The number of hydrogen-bond acceptors (Lipinski definition) is 4. The molecule has 0 amide bonds. The summed E-state index contributed by atoms with van der Waals surface area (Å²) in [5, 5.41) is 2.90. The Morgan fingerprint density at radius 3 is 2.62 bits per heavy atom. The van der Waals surface area contributed by atoms with Crippen LogP contribution in [0, 0.1) is 0 Å². The van der Waals surface area contributed by atoms with Crippen LogP contribution < -0.4 is 0 Å². The molecule has 0 aliphatic rings. The number of carbonyl (C=O) groups excluding carboxylic acids is 1. The Labute approximate surface area is 158 Å². The minimum Gasteiger partial charge on any atom is -0.293 e. The molecule has 24 heavy (non-hydrogen) atoms. The molecular weight excluding hydrogens is 381 g/mol. The van der Waals surface area contributed by atoms with Crippen molar-refractivity contribution in [3.63, 3.8) is 0 Å². The molecular formula is C18H13Cl2NOS2. The summed E-state index contributed by atoms with van der Waals surface area (Å²) < 4.78 is 0.841. The van der Waals surface area contributed by atoms with Crippen LogP contribution in [-0.2, 0) is 0 Å². The van der Waals surface area contributed by atoms with Crippen molar-refractivity contribution in [2.24, 2.45) is 0 Å². The molecule has 0 radical (unpaired) electrons. The lowest BCUT2D eigenvalue weighted by Gasteiger charge is -2.08. The van der Waals surface area contributed by atoms with E-state index in [1.54, 1.807) is 12.1 Å². The fourth-order valence-electron chi connectivity index (χ4n) is 2.17. The van der Waals surface area contributed by atoms with E-state index < -0.39 is 0 Å². The summed E-state index contributed by atoms with van der Waals surface area (Å²) in [7, 11) is 0. The van der Waals surface area contributed by atoms with Gasteiger partial charge in [-0.1, -0.05) is 65.3 Å². The number of thioether (sulfide) groups is 1. The third kappa shape index (κ3) is 4.01. The maximum absolute atomic E-state index is 12.4. The number of Topliss-reactive ketones (excluding diaryl/α,β-unsaturated/α-hetero) is 1. The average Bonchev–Trinajstić information content (AvgIpc) is 3.03. The van der Waals surface area contributed by atoms with Crippen LogP contribution in [0.25, 0.3) is 11.3 Å². The van der Waals surface area contributed by atoms with Gasteiger partial charge in [0.15, 0.2) is 10.1 Å². The van der Waals surface area contributed by atoms with Gasteiger partial charge in [0.05, 0.1) is 16.0 Å². The number of ketones is 1. The Balaban J connectivity index is 1.75. The van der Waals surface area contributed by atoms with Gasteiger partial charge in [-0.25, -0.2) is 4.98 Å². The fourth-order valence-corrected chi connectivity index (χ4v) is 4.72. The molecule has 3 rings (SSSR count). The number of hydrogen-bond donors (Lipinski definition) is 0. The molecule has 0 spiro atoms. The van der Waals surface area contributed by atoms with Crippen LogP contribution in [0.15, 0.2) is 58.3 Å². The minimum absolute atomic E-state index is 0.0990. The third-order valence-corrected chi connectivity index (χ3v) is 6.02. The number of halogens is 2. The van der Waals surface area contributed by atoms with Crippen LogP contribution in [0.1, 0.15) is 17.3 Å². The maximum Gasteiger partial charge on any atom is 0.175 e. The molecule has 0 aliphatic carbocycles. The van der Waals surface area contributed by atoms with Gasteiger partial charge in [0.25, 0.3) is 0 Å². The van der Waals surface area contributed by atoms with Crippen LogP contribution in [-0.4, -0.2) is 16.0 Å². The van der Waals surface area contributed by atoms with Gasteiger partial charge in [0.2, 0.25) is 0 Å². The summed E-state index contributed by atoms with van der Waals surface area (Å²) in [4.78, 5) is 17.0. The molecule has 1 heterocycles. The average molecular weight is 394 g/mol. The Morgan fingerprint density at radius 2 is 1.92 bits per heavy atom. The lowest BCUT2D eigenvalue weighted by molar-refractivity contribution is 0.0994. The normalized spacial score (nSPS) is 12.1. The van der Waals surface area contributed by atoms with Crippen molar-refractivity contribution < 1.29 is 4.79 Å². The van der Waals surface area contributed by atoms with Crippen molar-refractivity contribution >= 4 is 52.1 Å². The smallest absolute Gasteiger partial charge is 0.175 e. The molecule has 6 heteroatoms. The van der Waals surface area contributed by atoms with Gasteiger partial charge >= 0.3 is 0 Å². The molecule has 0 saturated heterocycles. The number of carbonyl (C=O) groups is 1. The van der Waals surface area contributed by atoms with Crippen molar-refractivity contribution in [1.29, 1.82) is 0 Å². The van der Waals surface area contributed by atoms with Gasteiger partial charge in [-0.05, 0) is 25.1 Å². The SMILES string of the molecule is CC(Sc1nc(-c2ccc(Cl)cc2Cl)cs1)C(=O)c1ccccc1. The monoisotopic (exact) mass is 393 g/mol. The molecule has 2 nitrogen and oxygen atoms in total. The zero-order chi connectivity index (χ0) is 17.1. The predicted octanol–water partition coefficient (Wildman–Crippen LogP) is 6.48. The van der Waals surface area contributed by atoms with Gasteiger partial charge in [-0.2, -0.15) is 0 Å². The Hall–Kier alpha value is -1.33. The molecule has 122 valence electrons. The second kappa shape index (κ2) is 7.70. The fraction of sp³-hybridized carbons (Fsp3) is 0.111. The highest BCUT2D eigenvalue weighted by molar-refractivity contribution is 8.02. The highest BCUT2D eigenvalue weighted by Gasteiger charge is 2.18. The van der Waals surface area contributed by atoms with Gasteiger partial charge < -0.3 is 0 Å². The van der Waals surface area contributed by atoms with E-state index >= 15 is 0 Å². The van der Waals surface area contributed by atoms with E-state index in [1.807, 2.05) is 48.7 Å². The predicted molar refractivity (Wildman–Crippen MR) is 104 cm³/mol. The first kappa shape index (κ1) is 17.5. The summed E-state index contributed by atoms with van der Waals surface area (Å²) in [6.45, 7) is 1.90. The van der Waals surface area contributed by atoms with Crippen molar-refractivity contribution in [2.75, 3.05) is 0 Å². The summed E-state index contributed by atoms with van der Waals surface area (Å²) in [5.41, 5.74) is 2.35. The first-order valence-corrected chi connectivity index (χ1v) is 9.73. The molecule has 1 aromatic heterocycles. The van der Waals surface area contributed by atoms with Gasteiger partial charge in [-0.3, -0.25) is 4.79 Å². The largest absolute Gasteiger partial charge is 0.293 e. The van der Waals surface area contributed by atoms with Crippen LogP contribution in [0.2, 0.25) is 10.0 Å². The number of rotatable bonds is 5. The first-order valence-electron chi connectivity index (χ1n) is 7.21. The quantitative estimate of drug-likeness (QED) is 0.366. The molecule has 1 atom stereocenters. The topological polar surface area (TPSA) is 30.0 Å². The molecule has 0 aliphatic heterocycles. The van der Waals surface area contributed by atoms with E-state index in [4.69, 9.17) is 23.2 Å². The Morgan fingerprint density at radius 1 is 1.17 bits per heavy atom. The molecule has 0 fully saturated rings. The van der Waals surface area contributed by atoms with Crippen LogP contribution in [0.5, 0.6) is 0 Å². The van der Waals surface area contributed by atoms with E-state index in [0.717, 1.165) is 21.2 Å². The molecule has 3 aromatic rings. The zero-order valence-corrected chi connectivity index (χ0v) is 15.8. The lowest BCUT2D eigenvalue weighted by Crippen LogP contribution is -2.13. The summed E-state index contributed by atoms with van der Waals surface area (Å²) in [5.74, 6) is 0.0990. The number of aromatic nitrogens is 1. The van der Waals surface area contributed by atoms with E-state index in [1.165, 1.54) is 23.1 Å². The molecule has 0 saturated carbocycles. The molecule has 2 aromatic carbocycles. The molecule has 0 bridgehead atoms. The second-order valence-electron chi connectivity index (χ2n) is 5.11. The van der Waals surface area contributed by atoms with Gasteiger partial charge in [0, 0.05) is 21.5 Å². The van der Waals surface area contributed by atoms with Crippen molar-refractivity contribution in [3.8, 4) is 11.3 Å². The lowest BCUT2D eigenvalue weighted by atomic mass is 10.1. The number of benzene rings is 2. The van der Waals surface area contributed by atoms with E-state index in [2.05, 4.69) is 4.98 Å². The zero-order valence-electron chi connectivity index (χ0n) is 12.7. The van der Waals surface area contributed by atoms with Crippen molar-refractivity contribution in [1.82, 2.24) is 4.98 Å². The highest BCUT2D eigenvalue weighted by Crippen LogP contribution is 2.35. The number of thiazole rings is 1. The van der Waals surface area contributed by atoms with Gasteiger partial charge in [0.1, 0.15) is 0 Å². The Kier molecular flexibility index (Phi) is 5.61. The van der Waals surface area contributed by atoms with Gasteiger partial charge in [-0.15, -0.1) is 11.3 Å². The van der Waals surface area contributed by atoms with E-state index in [9.17, 15) is 4.79 Å². The van der Waals surface area contributed by atoms with E-state index in [-0.39, 0.29) is 11.0 Å². The van der Waals surface area contributed by atoms with E-state index in [0.29, 0.717) is 10.0 Å².